The van der Waals surface area contributed by atoms with Crippen molar-refractivity contribution in [3.05, 3.63) is 23.8 Å². The Morgan fingerprint density at radius 2 is 2.12 bits per heavy atom. The predicted molar refractivity (Wildman–Crippen MR) is 58.0 cm³/mol. The van der Waals surface area contributed by atoms with E-state index in [1.807, 2.05) is 0 Å². The van der Waals surface area contributed by atoms with E-state index in [0.717, 1.165) is 6.07 Å². The first-order valence-electron chi connectivity index (χ1n) is 4.62. The Bertz CT molecular complexity index is 523. The van der Waals surface area contributed by atoms with Gasteiger partial charge in [-0.25, -0.2) is 17.6 Å². The van der Waals surface area contributed by atoms with Crippen molar-refractivity contribution in [2.75, 3.05) is 19.5 Å². The van der Waals surface area contributed by atoms with E-state index in [1.54, 1.807) is 0 Å². The van der Waals surface area contributed by atoms with E-state index in [1.165, 1.54) is 19.2 Å². The first-order chi connectivity index (χ1) is 7.92. The van der Waals surface area contributed by atoms with Crippen molar-refractivity contribution < 1.29 is 27.4 Å². The third-order valence-corrected chi connectivity index (χ3v) is 3.77. The third kappa shape index (κ3) is 2.94. The van der Waals surface area contributed by atoms with Gasteiger partial charge in [0, 0.05) is 0 Å². The summed E-state index contributed by atoms with van der Waals surface area (Å²) < 4.78 is 40.3. The van der Waals surface area contributed by atoms with Crippen LogP contribution in [0.25, 0.3) is 0 Å². The smallest absolute Gasteiger partial charge is 0.335 e. The van der Waals surface area contributed by atoms with Crippen LogP contribution in [0.2, 0.25) is 0 Å². The first-order valence-corrected chi connectivity index (χ1v) is 6.27. The highest BCUT2D eigenvalue weighted by atomic mass is 32.2. The van der Waals surface area contributed by atoms with Crippen LogP contribution in [0.3, 0.4) is 0 Å². The second-order valence-electron chi connectivity index (χ2n) is 3.18. The molecule has 0 bridgehead atoms. The Morgan fingerprint density at radius 3 is 2.59 bits per heavy atom. The van der Waals surface area contributed by atoms with Crippen molar-refractivity contribution in [3.8, 4) is 5.75 Å². The Morgan fingerprint density at radius 1 is 1.47 bits per heavy atom. The van der Waals surface area contributed by atoms with E-state index in [-0.39, 0.29) is 16.2 Å². The zero-order valence-electron chi connectivity index (χ0n) is 9.01. The molecule has 0 fully saturated rings. The molecule has 0 aliphatic rings. The number of hydrogen-bond donors (Lipinski definition) is 1. The fraction of sp³-hybridized carbons (Fsp3) is 0.300. The lowest BCUT2D eigenvalue weighted by molar-refractivity contribution is 0.0696. The minimum absolute atomic E-state index is 0.00319. The third-order valence-electron chi connectivity index (χ3n) is 2.09. The van der Waals surface area contributed by atoms with Crippen LogP contribution in [0.15, 0.2) is 23.1 Å². The van der Waals surface area contributed by atoms with E-state index in [9.17, 15) is 17.6 Å². The van der Waals surface area contributed by atoms with Crippen LogP contribution >= 0.6 is 0 Å². The van der Waals surface area contributed by atoms with Crippen LogP contribution in [-0.2, 0) is 9.84 Å². The van der Waals surface area contributed by atoms with Crippen LogP contribution < -0.4 is 4.74 Å². The van der Waals surface area contributed by atoms with Crippen LogP contribution in [0.5, 0.6) is 5.75 Å². The Labute approximate surface area is 97.8 Å². The molecule has 0 radical (unpaired) electrons. The lowest BCUT2D eigenvalue weighted by Crippen LogP contribution is -2.11. The molecule has 17 heavy (non-hydrogen) atoms. The average molecular weight is 262 g/mol. The number of aromatic carboxylic acids is 1. The summed E-state index contributed by atoms with van der Waals surface area (Å²) in [7, 11) is -2.62. The number of sulfone groups is 1. The first kappa shape index (κ1) is 13.4. The molecular weight excluding hydrogens is 251 g/mol. The standard InChI is InChI=1S/C10H11FO5S/c1-16-8-3-2-7(10(12)13)6-9(8)17(14,15)5-4-11/h2-3,6H,4-5H2,1H3,(H,12,13). The summed E-state index contributed by atoms with van der Waals surface area (Å²) in [5.41, 5.74) is -0.191. The molecule has 94 valence electrons. The quantitative estimate of drug-likeness (QED) is 0.860. The Kier molecular flexibility index (Phi) is 4.06. The van der Waals surface area contributed by atoms with Gasteiger partial charge in [-0.1, -0.05) is 0 Å². The van der Waals surface area contributed by atoms with E-state index >= 15 is 0 Å². The van der Waals surface area contributed by atoms with Crippen LogP contribution in [-0.4, -0.2) is 39.0 Å². The molecule has 0 unspecified atom stereocenters. The number of carboxylic acid groups (broad SMARTS) is 1. The van der Waals surface area contributed by atoms with Gasteiger partial charge in [0.15, 0.2) is 9.84 Å². The van der Waals surface area contributed by atoms with E-state index in [2.05, 4.69) is 0 Å². The number of rotatable bonds is 5. The molecule has 7 heteroatoms. The Balaban J connectivity index is 3.38. The van der Waals surface area contributed by atoms with Crippen molar-refractivity contribution in [2.45, 2.75) is 4.90 Å². The second-order valence-corrected chi connectivity index (χ2v) is 5.26. The largest absolute Gasteiger partial charge is 0.495 e. The maximum absolute atomic E-state index is 12.1. The summed E-state index contributed by atoms with van der Waals surface area (Å²) in [6, 6.07) is 3.41. The van der Waals surface area contributed by atoms with Crippen LogP contribution in [0.4, 0.5) is 4.39 Å². The molecular formula is C10H11FO5S. The molecule has 0 heterocycles. The van der Waals surface area contributed by atoms with Gasteiger partial charge >= 0.3 is 5.97 Å². The molecule has 0 atom stereocenters. The number of carbonyl (C=O) groups is 1. The number of ether oxygens (including phenoxy) is 1. The van der Waals surface area contributed by atoms with E-state index in [4.69, 9.17) is 9.84 Å². The van der Waals surface area contributed by atoms with Gasteiger partial charge < -0.3 is 9.84 Å². The highest BCUT2D eigenvalue weighted by Crippen LogP contribution is 2.26. The molecule has 0 aromatic heterocycles. The summed E-state index contributed by atoms with van der Waals surface area (Å²) in [5, 5.41) is 8.76. The summed E-state index contributed by atoms with van der Waals surface area (Å²) in [6.45, 7) is -1.04. The fourth-order valence-corrected chi connectivity index (χ4v) is 2.45. The predicted octanol–water partition coefficient (Wildman–Crippen LogP) is 1.14. The maximum Gasteiger partial charge on any atom is 0.335 e. The summed E-state index contributed by atoms with van der Waals surface area (Å²) in [4.78, 5) is 10.4. The molecule has 0 aliphatic carbocycles. The van der Waals surface area contributed by atoms with Gasteiger partial charge in [-0.3, -0.25) is 0 Å². The molecule has 1 N–H and O–H groups in total. The van der Waals surface area contributed by atoms with Crippen molar-refractivity contribution in [1.29, 1.82) is 0 Å². The number of halogens is 1. The Hall–Kier alpha value is -1.63. The molecule has 5 nitrogen and oxygen atoms in total. The normalized spacial score (nSPS) is 11.2. The molecule has 0 saturated carbocycles. The molecule has 0 saturated heterocycles. The van der Waals surface area contributed by atoms with Crippen molar-refractivity contribution in [3.63, 3.8) is 0 Å². The molecule has 0 aliphatic heterocycles. The van der Waals surface area contributed by atoms with Gasteiger partial charge in [0.1, 0.15) is 17.3 Å². The summed E-state index contributed by atoms with van der Waals surface area (Å²) >= 11 is 0. The summed E-state index contributed by atoms with van der Waals surface area (Å²) in [5.74, 6) is -1.96. The molecule has 1 rings (SSSR count). The minimum atomic E-state index is -3.87. The lowest BCUT2D eigenvalue weighted by atomic mass is 10.2. The minimum Gasteiger partial charge on any atom is -0.495 e. The highest BCUT2D eigenvalue weighted by molar-refractivity contribution is 7.91. The van der Waals surface area contributed by atoms with Crippen molar-refractivity contribution in [2.24, 2.45) is 0 Å². The number of alkyl halides is 1. The van der Waals surface area contributed by atoms with Crippen LogP contribution in [0, 0.1) is 0 Å². The van der Waals surface area contributed by atoms with E-state index < -0.39 is 28.2 Å². The molecule has 1 aromatic rings. The monoisotopic (exact) mass is 262 g/mol. The molecule has 0 amide bonds. The number of carboxylic acids is 1. The van der Waals surface area contributed by atoms with Crippen LogP contribution in [0.1, 0.15) is 10.4 Å². The topological polar surface area (TPSA) is 80.7 Å². The van der Waals surface area contributed by atoms with E-state index in [0.29, 0.717) is 0 Å². The zero-order chi connectivity index (χ0) is 13.1. The summed E-state index contributed by atoms with van der Waals surface area (Å²) in [6.07, 6.45) is 0. The molecule has 1 aromatic carbocycles. The van der Waals surface area contributed by atoms with Gasteiger partial charge in [-0.05, 0) is 18.2 Å². The number of hydrogen-bond acceptors (Lipinski definition) is 4. The van der Waals surface area contributed by atoms with Gasteiger partial charge in [0.2, 0.25) is 0 Å². The fourth-order valence-electron chi connectivity index (χ4n) is 1.26. The second kappa shape index (κ2) is 5.13. The average Bonchev–Trinajstić information content (AvgIpc) is 2.28. The van der Waals surface area contributed by atoms with Crippen molar-refractivity contribution in [1.82, 2.24) is 0 Å². The van der Waals surface area contributed by atoms with Gasteiger partial charge in [0.25, 0.3) is 0 Å². The lowest BCUT2D eigenvalue weighted by Gasteiger charge is -2.09. The molecule has 0 spiro atoms. The zero-order valence-corrected chi connectivity index (χ0v) is 9.83. The SMILES string of the molecule is COc1ccc(C(=O)O)cc1S(=O)(=O)CCF. The highest BCUT2D eigenvalue weighted by Gasteiger charge is 2.21. The van der Waals surface area contributed by atoms with Gasteiger partial charge in [0.05, 0.1) is 18.4 Å². The number of methoxy groups -OCH3 is 1. The van der Waals surface area contributed by atoms with Gasteiger partial charge in [-0.2, -0.15) is 0 Å². The van der Waals surface area contributed by atoms with Gasteiger partial charge in [-0.15, -0.1) is 0 Å². The maximum atomic E-state index is 12.1. The van der Waals surface area contributed by atoms with Crippen molar-refractivity contribution >= 4 is 15.8 Å². The number of benzene rings is 1.